The van der Waals surface area contributed by atoms with Gasteiger partial charge in [0.2, 0.25) is 15.9 Å². The first-order valence-corrected chi connectivity index (χ1v) is 9.83. The first-order valence-electron chi connectivity index (χ1n) is 8.01. The smallest absolute Gasteiger partial charge is 0.337 e. The second-order valence-electron chi connectivity index (χ2n) is 6.49. The van der Waals surface area contributed by atoms with Crippen LogP contribution in [0, 0.1) is 0 Å². The van der Waals surface area contributed by atoms with E-state index in [4.69, 9.17) is 11.6 Å². The predicted molar refractivity (Wildman–Crippen MR) is 91.1 cm³/mol. The molecule has 136 valence electrons. The zero-order valence-electron chi connectivity index (χ0n) is 13.7. The van der Waals surface area contributed by atoms with Crippen LogP contribution in [-0.4, -0.2) is 60.3 Å². The number of amides is 1. The summed E-state index contributed by atoms with van der Waals surface area (Å²) in [5.74, 6) is -1.49. The Hall–Kier alpha value is -1.64. The van der Waals surface area contributed by atoms with E-state index in [-0.39, 0.29) is 27.9 Å². The molecule has 0 aliphatic carbocycles. The van der Waals surface area contributed by atoms with E-state index in [1.807, 2.05) is 0 Å². The highest BCUT2D eigenvalue weighted by Gasteiger charge is 2.54. The molecule has 2 heterocycles. The van der Waals surface area contributed by atoms with Crippen molar-refractivity contribution >= 4 is 33.5 Å². The Morgan fingerprint density at radius 3 is 2.52 bits per heavy atom. The second kappa shape index (κ2) is 6.26. The van der Waals surface area contributed by atoms with Crippen LogP contribution in [0.25, 0.3) is 0 Å². The lowest BCUT2D eigenvalue weighted by Crippen LogP contribution is -2.60. The number of carbonyl (C=O) groups is 2. The SMILES string of the molecule is CN1CCCC2(CCCN2S(=O)(=O)c2ccc(Cl)c(C(=O)O)c2)C1=O. The molecule has 1 aromatic carbocycles. The van der Waals surface area contributed by atoms with Gasteiger partial charge < -0.3 is 10.0 Å². The zero-order chi connectivity index (χ0) is 18.4. The molecule has 1 unspecified atom stereocenters. The number of piperidine rings is 1. The van der Waals surface area contributed by atoms with Crippen molar-refractivity contribution in [2.75, 3.05) is 20.1 Å². The van der Waals surface area contributed by atoms with E-state index in [0.29, 0.717) is 25.8 Å². The number of carboxylic acids is 1. The summed E-state index contributed by atoms with van der Waals surface area (Å²) in [5.41, 5.74) is -1.34. The highest BCUT2D eigenvalue weighted by Crippen LogP contribution is 2.41. The third kappa shape index (κ3) is 2.82. The Bertz CT molecular complexity index is 841. The van der Waals surface area contributed by atoms with Gasteiger partial charge in [-0.05, 0) is 43.9 Å². The molecule has 25 heavy (non-hydrogen) atoms. The van der Waals surface area contributed by atoms with Crippen LogP contribution >= 0.6 is 11.6 Å². The van der Waals surface area contributed by atoms with Gasteiger partial charge in [-0.25, -0.2) is 13.2 Å². The maximum absolute atomic E-state index is 13.2. The first kappa shape index (κ1) is 18.2. The van der Waals surface area contributed by atoms with Crippen LogP contribution in [0.2, 0.25) is 5.02 Å². The molecular weight excluding hydrogens is 368 g/mol. The van der Waals surface area contributed by atoms with Crippen LogP contribution in [-0.2, 0) is 14.8 Å². The van der Waals surface area contributed by atoms with Crippen LogP contribution in [0.5, 0.6) is 0 Å². The topological polar surface area (TPSA) is 95.0 Å². The average Bonchev–Trinajstić information content (AvgIpc) is 2.98. The molecule has 1 atom stereocenters. The normalized spacial score (nSPS) is 24.9. The van der Waals surface area contributed by atoms with Crippen molar-refractivity contribution in [2.24, 2.45) is 0 Å². The highest BCUT2D eigenvalue weighted by molar-refractivity contribution is 7.89. The van der Waals surface area contributed by atoms with E-state index in [9.17, 15) is 23.1 Å². The van der Waals surface area contributed by atoms with Crippen LogP contribution in [0.15, 0.2) is 23.1 Å². The van der Waals surface area contributed by atoms with Gasteiger partial charge in [0, 0.05) is 20.1 Å². The van der Waals surface area contributed by atoms with Crippen molar-refractivity contribution in [3.63, 3.8) is 0 Å². The quantitative estimate of drug-likeness (QED) is 0.854. The fourth-order valence-corrected chi connectivity index (χ4v) is 5.85. The van der Waals surface area contributed by atoms with Gasteiger partial charge in [0.05, 0.1) is 15.5 Å². The minimum atomic E-state index is -4.01. The van der Waals surface area contributed by atoms with Gasteiger partial charge in [0.25, 0.3) is 0 Å². The molecule has 9 heteroatoms. The summed E-state index contributed by atoms with van der Waals surface area (Å²) in [7, 11) is -2.33. The van der Waals surface area contributed by atoms with Crippen LogP contribution in [0.4, 0.5) is 0 Å². The summed E-state index contributed by atoms with van der Waals surface area (Å²) in [6, 6.07) is 3.60. The molecule has 2 saturated heterocycles. The largest absolute Gasteiger partial charge is 0.478 e. The zero-order valence-corrected chi connectivity index (χ0v) is 15.3. The molecule has 0 radical (unpaired) electrons. The van der Waals surface area contributed by atoms with Crippen molar-refractivity contribution in [2.45, 2.75) is 36.1 Å². The Labute approximate surface area is 151 Å². The van der Waals surface area contributed by atoms with Crippen LogP contribution < -0.4 is 0 Å². The molecule has 0 bridgehead atoms. The molecule has 2 aliphatic rings. The maximum Gasteiger partial charge on any atom is 0.337 e. The summed E-state index contributed by atoms with van der Waals surface area (Å²) >= 11 is 5.84. The number of hydrogen-bond donors (Lipinski definition) is 1. The minimum absolute atomic E-state index is 0.0314. The number of carbonyl (C=O) groups excluding carboxylic acids is 1. The number of carboxylic acid groups (broad SMARTS) is 1. The third-order valence-electron chi connectivity index (χ3n) is 5.01. The Morgan fingerprint density at radius 2 is 1.88 bits per heavy atom. The van der Waals surface area contributed by atoms with Gasteiger partial charge in [-0.1, -0.05) is 11.6 Å². The average molecular weight is 387 g/mol. The van der Waals surface area contributed by atoms with E-state index in [2.05, 4.69) is 0 Å². The lowest BCUT2D eigenvalue weighted by molar-refractivity contribution is -0.142. The van der Waals surface area contributed by atoms with Crippen molar-refractivity contribution < 1.29 is 23.1 Å². The molecule has 1 amide bonds. The van der Waals surface area contributed by atoms with Crippen molar-refractivity contribution in [1.29, 1.82) is 0 Å². The number of hydrogen-bond acceptors (Lipinski definition) is 4. The lowest BCUT2D eigenvalue weighted by Gasteiger charge is -2.42. The van der Waals surface area contributed by atoms with Crippen LogP contribution in [0.3, 0.4) is 0 Å². The number of rotatable bonds is 3. The first-order chi connectivity index (χ1) is 11.7. The number of likely N-dealkylation sites (tertiary alicyclic amines) is 1. The number of aromatic carboxylic acids is 1. The summed E-state index contributed by atoms with van der Waals surface area (Å²) in [5, 5.41) is 9.16. The van der Waals surface area contributed by atoms with E-state index >= 15 is 0 Å². The van der Waals surface area contributed by atoms with Crippen molar-refractivity contribution in [3.05, 3.63) is 28.8 Å². The minimum Gasteiger partial charge on any atom is -0.478 e. The lowest BCUT2D eigenvalue weighted by atomic mass is 9.87. The fraction of sp³-hybridized carbons (Fsp3) is 0.500. The summed E-state index contributed by atoms with van der Waals surface area (Å²) < 4.78 is 27.6. The second-order valence-corrected chi connectivity index (χ2v) is 8.76. The molecule has 1 aromatic rings. The number of sulfonamides is 1. The van der Waals surface area contributed by atoms with Gasteiger partial charge in [0.15, 0.2) is 0 Å². The van der Waals surface area contributed by atoms with Gasteiger partial charge >= 0.3 is 5.97 Å². The van der Waals surface area contributed by atoms with Gasteiger partial charge in [-0.3, -0.25) is 4.79 Å². The number of halogens is 1. The summed E-state index contributed by atoms with van der Waals surface area (Å²) in [6.07, 6.45) is 2.29. The predicted octanol–water partition coefficient (Wildman–Crippen LogP) is 1.81. The molecule has 1 N–H and O–H groups in total. The van der Waals surface area contributed by atoms with Crippen molar-refractivity contribution in [3.8, 4) is 0 Å². The number of likely N-dealkylation sites (N-methyl/N-ethyl adjacent to an activating group) is 1. The van der Waals surface area contributed by atoms with E-state index in [0.717, 1.165) is 12.5 Å². The van der Waals surface area contributed by atoms with Gasteiger partial charge in [0.1, 0.15) is 5.54 Å². The highest BCUT2D eigenvalue weighted by atomic mass is 35.5. The monoisotopic (exact) mass is 386 g/mol. The van der Waals surface area contributed by atoms with E-state index < -0.39 is 21.5 Å². The molecule has 7 nitrogen and oxygen atoms in total. The Morgan fingerprint density at radius 1 is 1.24 bits per heavy atom. The summed E-state index contributed by atoms with van der Waals surface area (Å²) in [4.78, 5) is 25.4. The van der Waals surface area contributed by atoms with Gasteiger partial charge in [-0.2, -0.15) is 4.31 Å². The number of benzene rings is 1. The van der Waals surface area contributed by atoms with E-state index in [1.165, 1.54) is 16.4 Å². The standard InChI is InChI=1S/C16H19ClN2O5S/c1-18-8-2-6-16(15(18)22)7-3-9-19(16)25(23,24)11-4-5-13(17)12(10-11)14(20)21/h4-5,10H,2-3,6-9H2,1H3,(H,20,21). The van der Waals surface area contributed by atoms with E-state index in [1.54, 1.807) is 11.9 Å². The Balaban J connectivity index is 2.07. The number of nitrogens with zero attached hydrogens (tertiary/aromatic N) is 2. The molecule has 2 fully saturated rings. The fourth-order valence-electron chi connectivity index (χ4n) is 3.80. The third-order valence-corrected chi connectivity index (χ3v) is 7.31. The Kier molecular flexibility index (Phi) is 4.55. The van der Waals surface area contributed by atoms with Crippen molar-refractivity contribution in [1.82, 2.24) is 9.21 Å². The van der Waals surface area contributed by atoms with Crippen LogP contribution in [0.1, 0.15) is 36.0 Å². The molecule has 1 spiro atoms. The maximum atomic E-state index is 13.2. The molecule has 2 aliphatic heterocycles. The van der Waals surface area contributed by atoms with Gasteiger partial charge in [-0.15, -0.1) is 0 Å². The molecular formula is C16H19ClN2O5S. The molecule has 0 saturated carbocycles. The summed E-state index contributed by atoms with van der Waals surface area (Å²) in [6.45, 7) is 0.853. The molecule has 0 aromatic heterocycles. The molecule has 3 rings (SSSR count).